The van der Waals surface area contributed by atoms with Crippen molar-refractivity contribution in [2.24, 2.45) is 0 Å². The van der Waals surface area contributed by atoms with E-state index in [1.807, 2.05) is 17.8 Å². The number of amides is 1. The van der Waals surface area contributed by atoms with Crippen molar-refractivity contribution in [3.63, 3.8) is 0 Å². The highest BCUT2D eigenvalue weighted by Gasteiger charge is 2.09. The number of unbranched alkanes of at least 4 members (excludes halogenated alkanes) is 3. The van der Waals surface area contributed by atoms with Crippen LogP contribution in [0.15, 0.2) is 18.2 Å². The van der Waals surface area contributed by atoms with E-state index in [4.69, 9.17) is 5.73 Å². The number of carbonyl (C=O) groups excluding carboxylic acids is 1. The Morgan fingerprint density at radius 1 is 1.25 bits per heavy atom. The molecule has 4 nitrogen and oxygen atoms in total. The molecule has 1 rings (SSSR count). The van der Waals surface area contributed by atoms with Gasteiger partial charge in [-0.3, -0.25) is 4.79 Å². The van der Waals surface area contributed by atoms with E-state index in [1.165, 1.54) is 25.0 Å². The number of hydrogen-bond donors (Lipinski definition) is 3. The maximum Gasteiger partial charge on any atom is 0.253 e. The van der Waals surface area contributed by atoms with Gasteiger partial charge in [0, 0.05) is 25.0 Å². The number of thioether (sulfide) groups is 1. The lowest BCUT2D eigenvalue weighted by molar-refractivity contribution is 0.0964. The van der Waals surface area contributed by atoms with Crippen LogP contribution in [0.1, 0.15) is 36.0 Å². The fourth-order valence-corrected chi connectivity index (χ4v) is 2.48. The molecule has 0 bridgehead atoms. The highest BCUT2D eigenvalue weighted by atomic mass is 32.2. The topological polar surface area (TPSA) is 67.2 Å². The average molecular weight is 295 g/mol. The Balaban J connectivity index is 2.42. The number of benzene rings is 1. The number of nitrogens with one attached hydrogen (secondary N) is 2. The first-order valence-electron chi connectivity index (χ1n) is 7.03. The molecule has 0 spiro atoms. The Morgan fingerprint density at radius 3 is 2.70 bits per heavy atom. The lowest BCUT2D eigenvalue weighted by atomic mass is 10.1. The summed E-state index contributed by atoms with van der Waals surface area (Å²) < 4.78 is 0. The first-order chi connectivity index (χ1) is 9.69. The Kier molecular flexibility index (Phi) is 7.95. The molecule has 0 aromatic heterocycles. The van der Waals surface area contributed by atoms with E-state index in [1.54, 1.807) is 19.2 Å². The smallest absolute Gasteiger partial charge is 0.253 e. The minimum atomic E-state index is -0.0903. The van der Waals surface area contributed by atoms with Crippen molar-refractivity contribution in [2.45, 2.75) is 25.7 Å². The predicted molar refractivity (Wildman–Crippen MR) is 89.6 cm³/mol. The van der Waals surface area contributed by atoms with E-state index in [2.05, 4.69) is 16.9 Å². The molecule has 0 unspecified atom stereocenters. The number of rotatable bonds is 9. The largest absolute Gasteiger partial charge is 0.399 e. The minimum Gasteiger partial charge on any atom is -0.399 e. The van der Waals surface area contributed by atoms with Gasteiger partial charge in [-0.15, -0.1) is 0 Å². The summed E-state index contributed by atoms with van der Waals surface area (Å²) in [4.78, 5) is 11.8. The Morgan fingerprint density at radius 2 is 2.00 bits per heavy atom. The second-order valence-electron chi connectivity index (χ2n) is 4.72. The minimum absolute atomic E-state index is 0.0903. The molecule has 1 aromatic carbocycles. The van der Waals surface area contributed by atoms with Crippen LogP contribution in [0.2, 0.25) is 0 Å². The molecular weight excluding hydrogens is 270 g/mol. The van der Waals surface area contributed by atoms with Gasteiger partial charge >= 0.3 is 0 Å². The summed E-state index contributed by atoms with van der Waals surface area (Å²) in [5.41, 5.74) is 7.90. The molecule has 1 amide bonds. The van der Waals surface area contributed by atoms with Crippen molar-refractivity contribution in [2.75, 3.05) is 36.7 Å². The van der Waals surface area contributed by atoms with Crippen molar-refractivity contribution in [3.8, 4) is 0 Å². The van der Waals surface area contributed by atoms with Crippen molar-refractivity contribution < 1.29 is 4.79 Å². The summed E-state index contributed by atoms with van der Waals surface area (Å²) in [6.07, 6.45) is 7.01. The van der Waals surface area contributed by atoms with Crippen LogP contribution in [0, 0.1) is 0 Å². The van der Waals surface area contributed by atoms with Crippen LogP contribution in [0.5, 0.6) is 0 Å². The van der Waals surface area contributed by atoms with E-state index in [0.29, 0.717) is 11.3 Å². The quantitative estimate of drug-likeness (QED) is 0.484. The standard InChI is InChI=1S/C15H25N3OS/c1-17-15(19)13-8-7-12(16)11-14(13)18-9-5-3-4-6-10-20-2/h7-8,11,18H,3-6,9-10,16H2,1-2H3,(H,17,19). The molecule has 0 aliphatic rings. The van der Waals surface area contributed by atoms with Gasteiger partial charge in [0.25, 0.3) is 5.91 Å². The fourth-order valence-electron chi connectivity index (χ4n) is 1.99. The molecular formula is C15H25N3OS. The van der Waals surface area contributed by atoms with Crippen LogP contribution in [-0.4, -0.2) is 31.5 Å². The van der Waals surface area contributed by atoms with Gasteiger partial charge in [-0.25, -0.2) is 0 Å². The molecule has 1 aromatic rings. The van der Waals surface area contributed by atoms with Crippen LogP contribution in [-0.2, 0) is 0 Å². The summed E-state index contributed by atoms with van der Waals surface area (Å²) in [5, 5.41) is 5.96. The molecule has 0 heterocycles. The van der Waals surface area contributed by atoms with Crippen molar-refractivity contribution in [1.82, 2.24) is 5.32 Å². The third-order valence-corrected chi connectivity index (χ3v) is 3.80. The van der Waals surface area contributed by atoms with E-state index in [0.717, 1.165) is 18.7 Å². The zero-order valence-corrected chi connectivity index (χ0v) is 13.2. The third-order valence-electron chi connectivity index (χ3n) is 3.11. The SMILES string of the molecule is CNC(=O)c1ccc(N)cc1NCCCCCCSC. The zero-order valence-electron chi connectivity index (χ0n) is 12.4. The molecule has 20 heavy (non-hydrogen) atoms. The van der Waals surface area contributed by atoms with E-state index in [9.17, 15) is 4.79 Å². The van der Waals surface area contributed by atoms with Gasteiger partial charge < -0.3 is 16.4 Å². The van der Waals surface area contributed by atoms with Crippen LogP contribution >= 0.6 is 11.8 Å². The normalized spacial score (nSPS) is 10.3. The summed E-state index contributed by atoms with van der Waals surface area (Å²) in [5.74, 6) is 1.15. The van der Waals surface area contributed by atoms with Gasteiger partial charge in [0.05, 0.1) is 5.56 Å². The molecule has 4 N–H and O–H groups in total. The number of nitrogen functional groups attached to an aromatic ring is 1. The van der Waals surface area contributed by atoms with Crippen LogP contribution in [0.4, 0.5) is 11.4 Å². The fraction of sp³-hybridized carbons (Fsp3) is 0.533. The summed E-state index contributed by atoms with van der Waals surface area (Å²) in [6, 6.07) is 5.32. The van der Waals surface area contributed by atoms with Gasteiger partial charge in [0.1, 0.15) is 0 Å². The van der Waals surface area contributed by atoms with Gasteiger partial charge in [-0.05, 0) is 43.0 Å². The summed E-state index contributed by atoms with van der Waals surface area (Å²) in [7, 11) is 1.63. The molecule has 0 atom stereocenters. The molecule has 112 valence electrons. The van der Waals surface area contributed by atoms with Gasteiger partial charge in [0.15, 0.2) is 0 Å². The van der Waals surface area contributed by atoms with Crippen LogP contribution in [0.25, 0.3) is 0 Å². The lowest BCUT2D eigenvalue weighted by Crippen LogP contribution is -2.20. The number of carbonyl (C=O) groups is 1. The van der Waals surface area contributed by atoms with Crippen molar-refractivity contribution in [1.29, 1.82) is 0 Å². The summed E-state index contributed by atoms with van der Waals surface area (Å²) in [6.45, 7) is 0.868. The molecule has 0 saturated carbocycles. The number of nitrogens with two attached hydrogens (primary N) is 1. The van der Waals surface area contributed by atoms with E-state index >= 15 is 0 Å². The average Bonchev–Trinajstić information content (AvgIpc) is 2.45. The van der Waals surface area contributed by atoms with E-state index < -0.39 is 0 Å². The molecule has 0 saturated heterocycles. The Bertz CT molecular complexity index is 424. The predicted octanol–water partition coefficient (Wildman–Crippen LogP) is 2.96. The highest BCUT2D eigenvalue weighted by molar-refractivity contribution is 7.98. The highest BCUT2D eigenvalue weighted by Crippen LogP contribution is 2.19. The van der Waals surface area contributed by atoms with Crippen molar-refractivity contribution in [3.05, 3.63) is 23.8 Å². The monoisotopic (exact) mass is 295 g/mol. The van der Waals surface area contributed by atoms with Gasteiger partial charge in [-0.1, -0.05) is 12.8 Å². The van der Waals surface area contributed by atoms with Crippen LogP contribution in [0.3, 0.4) is 0 Å². The Hall–Kier alpha value is -1.36. The maximum atomic E-state index is 11.8. The maximum absolute atomic E-state index is 11.8. The first kappa shape index (κ1) is 16.7. The molecule has 0 aliphatic heterocycles. The molecule has 0 fully saturated rings. The zero-order chi connectivity index (χ0) is 14.8. The van der Waals surface area contributed by atoms with Gasteiger partial charge in [-0.2, -0.15) is 11.8 Å². The first-order valence-corrected chi connectivity index (χ1v) is 8.43. The summed E-state index contributed by atoms with van der Waals surface area (Å²) >= 11 is 1.90. The van der Waals surface area contributed by atoms with E-state index in [-0.39, 0.29) is 5.91 Å². The lowest BCUT2D eigenvalue weighted by Gasteiger charge is -2.12. The number of anilines is 2. The second-order valence-corrected chi connectivity index (χ2v) is 5.70. The molecule has 5 heteroatoms. The van der Waals surface area contributed by atoms with Crippen LogP contribution < -0.4 is 16.4 Å². The molecule has 0 aliphatic carbocycles. The Labute approximate surface area is 125 Å². The second kappa shape index (κ2) is 9.53. The van der Waals surface area contributed by atoms with Gasteiger partial charge in [0.2, 0.25) is 0 Å². The number of hydrogen-bond acceptors (Lipinski definition) is 4. The third kappa shape index (κ3) is 5.74. The molecule has 0 radical (unpaired) electrons. The van der Waals surface area contributed by atoms with Crippen molar-refractivity contribution >= 4 is 29.0 Å².